The number of carbonyl (C=O) groups excluding carboxylic acids is 1. The number of ether oxygens (including phenoxy) is 1. The molecule has 1 aromatic carbocycles. The number of oxime groups is 1. The molecule has 0 amide bonds. The molecule has 7 heteroatoms. The minimum Gasteiger partial charge on any atom is -0.494 e. The lowest BCUT2D eigenvalue weighted by atomic mass is 10.2. The van der Waals surface area contributed by atoms with Gasteiger partial charge in [-0.15, -0.1) is 0 Å². The number of halogens is 2. The summed E-state index contributed by atoms with van der Waals surface area (Å²) < 4.78 is 5.04. The van der Waals surface area contributed by atoms with Gasteiger partial charge in [0, 0.05) is 5.92 Å². The van der Waals surface area contributed by atoms with E-state index in [1.165, 1.54) is 19.2 Å². The molecule has 0 aromatic heterocycles. The van der Waals surface area contributed by atoms with Crippen molar-refractivity contribution >= 4 is 35.0 Å². The SMILES string of the molecule is COc1c(Cl)ccc(Cl)c1C(=O)O/N=C(\N)C(C)C. The molecule has 19 heavy (non-hydrogen) atoms. The van der Waals surface area contributed by atoms with Crippen LogP contribution < -0.4 is 10.5 Å². The van der Waals surface area contributed by atoms with Crippen molar-refractivity contribution in [3.8, 4) is 5.75 Å². The highest BCUT2D eigenvalue weighted by Gasteiger charge is 2.21. The van der Waals surface area contributed by atoms with Gasteiger partial charge in [-0.1, -0.05) is 42.2 Å². The Balaban J connectivity index is 3.07. The maximum absolute atomic E-state index is 11.9. The summed E-state index contributed by atoms with van der Waals surface area (Å²) in [6.45, 7) is 3.64. The standard InChI is InChI=1S/C12H14Cl2N2O3/c1-6(2)11(15)16-19-12(17)9-7(13)4-5-8(14)10(9)18-3/h4-6H,1-3H3,(H2,15,16). The predicted molar refractivity (Wildman–Crippen MR) is 74.9 cm³/mol. The van der Waals surface area contributed by atoms with Crippen LogP contribution in [0, 0.1) is 5.92 Å². The van der Waals surface area contributed by atoms with Crippen LogP contribution >= 0.6 is 23.2 Å². The highest BCUT2D eigenvalue weighted by atomic mass is 35.5. The first kappa shape index (κ1) is 15.6. The van der Waals surface area contributed by atoms with Crippen molar-refractivity contribution in [2.45, 2.75) is 13.8 Å². The number of benzene rings is 1. The van der Waals surface area contributed by atoms with E-state index in [0.717, 1.165) is 0 Å². The lowest BCUT2D eigenvalue weighted by Crippen LogP contribution is -2.20. The van der Waals surface area contributed by atoms with Gasteiger partial charge in [-0.25, -0.2) is 4.79 Å². The van der Waals surface area contributed by atoms with Crippen molar-refractivity contribution < 1.29 is 14.4 Å². The summed E-state index contributed by atoms with van der Waals surface area (Å²) in [6.07, 6.45) is 0. The van der Waals surface area contributed by atoms with Crippen molar-refractivity contribution in [2.75, 3.05) is 7.11 Å². The van der Waals surface area contributed by atoms with E-state index >= 15 is 0 Å². The highest BCUT2D eigenvalue weighted by Crippen LogP contribution is 2.34. The maximum Gasteiger partial charge on any atom is 0.371 e. The van der Waals surface area contributed by atoms with Crippen molar-refractivity contribution in [3.63, 3.8) is 0 Å². The summed E-state index contributed by atoms with van der Waals surface area (Å²) in [6, 6.07) is 2.99. The molecule has 1 rings (SSSR count). The average Bonchev–Trinajstić information content (AvgIpc) is 2.37. The van der Waals surface area contributed by atoms with Gasteiger partial charge in [-0.05, 0) is 12.1 Å². The molecule has 0 aliphatic carbocycles. The van der Waals surface area contributed by atoms with Gasteiger partial charge in [0.2, 0.25) is 0 Å². The smallest absolute Gasteiger partial charge is 0.371 e. The minimum atomic E-state index is -0.784. The third-order valence-electron chi connectivity index (χ3n) is 2.29. The third-order valence-corrected chi connectivity index (χ3v) is 2.91. The first-order valence-electron chi connectivity index (χ1n) is 5.45. The first-order valence-corrected chi connectivity index (χ1v) is 6.20. The molecular formula is C12H14Cl2N2O3. The third kappa shape index (κ3) is 3.75. The van der Waals surface area contributed by atoms with Gasteiger partial charge in [0.05, 0.1) is 17.2 Å². The predicted octanol–water partition coefficient (Wildman–Crippen LogP) is 3.09. The lowest BCUT2D eigenvalue weighted by molar-refractivity contribution is 0.0510. The van der Waals surface area contributed by atoms with Gasteiger partial charge in [0.15, 0.2) is 5.75 Å². The van der Waals surface area contributed by atoms with Crippen LogP contribution in [0.25, 0.3) is 0 Å². The van der Waals surface area contributed by atoms with E-state index < -0.39 is 5.97 Å². The molecule has 0 spiro atoms. The fraction of sp³-hybridized carbons (Fsp3) is 0.333. The quantitative estimate of drug-likeness (QED) is 0.401. The van der Waals surface area contributed by atoms with Gasteiger partial charge in [0.25, 0.3) is 0 Å². The number of nitrogens with zero attached hydrogens (tertiary/aromatic N) is 1. The van der Waals surface area contributed by atoms with E-state index in [9.17, 15) is 4.79 Å². The number of nitrogens with two attached hydrogens (primary N) is 1. The zero-order chi connectivity index (χ0) is 14.6. The van der Waals surface area contributed by atoms with Crippen LogP contribution in [0.15, 0.2) is 17.3 Å². The van der Waals surface area contributed by atoms with Crippen LogP contribution in [-0.2, 0) is 4.84 Å². The molecule has 0 heterocycles. The molecule has 1 aromatic rings. The molecule has 0 aliphatic heterocycles. The maximum atomic E-state index is 11.9. The topological polar surface area (TPSA) is 73.9 Å². The van der Waals surface area contributed by atoms with Gasteiger partial charge in [-0.3, -0.25) is 0 Å². The second kappa shape index (κ2) is 6.63. The summed E-state index contributed by atoms with van der Waals surface area (Å²) in [5.41, 5.74) is 5.57. The summed E-state index contributed by atoms with van der Waals surface area (Å²) in [5, 5.41) is 3.94. The molecule has 0 saturated heterocycles. The average molecular weight is 305 g/mol. The van der Waals surface area contributed by atoms with Gasteiger partial charge >= 0.3 is 5.97 Å². The zero-order valence-electron chi connectivity index (χ0n) is 10.7. The largest absolute Gasteiger partial charge is 0.494 e. The Hall–Kier alpha value is -1.46. The Labute approximate surface area is 121 Å². The molecule has 0 aliphatic rings. The molecule has 104 valence electrons. The van der Waals surface area contributed by atoms with Crippen LogP contribution in [0.4, 0.5) is 0 Å². The van der Waals surface area contributed by atoms with E-state index in [1.54, 1.807) is 0 Å². The molecule has 0 atom stereocenters. The van der Waals surface area contributed by atoms with Crippen LogP contribution in [0.2, 0.25) is 10.0 Å². The number of rotatable bonds is 4. The Morgan fingerprint density at radius 2 is 1.89 bits per heavy atom. The number of amidine groups is 1. The van der Waals surface area contributed by atoms with Crippen LogP contribution in [0.1, 0.15) is 24.2 Å². The summed E-state index contributed by atoms with van der Waals surface area (Å²) in [7, 11) is 1.38. The Morgan fingerprint density at radius 1 is 1.32 bits per heavy atom. The molecule has 0 radical (unpaired) electrons. The number of hydrogen-bond donors (Lipinski definition) is 1. The van der Waals surface area contributed by atoms with E-state index in [4.69, 9.17) is 38.5 Å². The van der Waals surface area contributed by atoms with Gasteiger partial charge < -0.3 is 15.3 Å². The summed E-state index contributed by atoms with van der Waals surface area (Å²) >= 11 is 11.8. The molecule has 0 unspecified atom stereocenters. The van der Waals surface area contributed by atoms with Gasteiger partial charge in [-0.2, -0.15) is 0 Å². The van der Waals surface area contributed by atoms with Gasteiger partial charge in [0.1, 0.15) is 11.4 Å². The van der Waals surface area contributed by atoms with Crippen molar-refractivity contribution in [3.05, 3.63) is 27.7 Å². The molecule has 0 saturated carbocycles. The Morgan fingerprint density at radius 3 is 2.42 bits per heavy atom. The molecule has 5 nitrogen and oxygen atoms in total. The monoisotopic (exact) mass is 304 g/mol. The number of methoxy groups -OCH3 is 1. The lowest BCUT2D eigenvalue weighted by Gasteiger charge is -2.10. The second-order valence-corrected chi connectivity index (χ2v) is 4.80. The fourth-order valence-electron chi connectivity index (χ4n) is 1.17. The molecule has 0 bridgehead atoms. The van der Waals surface area contributed by atoms with E-state index in [-0.39, 0.29) is 33.1 Å². The van der Waals surface area contributed by atoms with Crippen molar-refractivity contribution in [2.24, 2.45) is 16.8 Å². The number of carbonyl (C=O) groups is 1. The van der Waals surface area contributed by atoms with Crippen LogP contribution in [-0.4, -0.2) is 18.9 Å². The Kier molecular flexibility index (Phi) is 5.44. The minimum absolute atomic E-state index is 0.0111. The van der Waals surface area contributed by atoms with Crippen LogP contribution in [0.5, 0.6) is 5.75 Å². The highest BCUT2D eigenvalue weighted by molar-refractivity contribution is 6.37. The normalized spacial score (nSPS) is 11.6. The van der Waals surface area contributed by atoms with Crippen LogP contribution in [0.3, 0.4) is 0 Å². The Bertz CT molecular complexity index is 516. The summed E-state index contributed by atoms with van der Waals surface area (Å²) in [5.74, 6) is -0.486. The van der Waals surface area contributed by atoms with E-state index in [0.29, 0.717) is 0 Å². The first-order chi connectivity index (χ1) is 8.88. The summed E-state index contributed by atoms with van der Waals surface area (Å²) in [4.78, 5) is 16.6. The van der Waals surface area contributed by atoms with Crippen molar-refractivity contribution in [1.82, 2.24) is 0 Å². The molecule has 2 N–H and O–H groups in total. The molecule has 0 fully saturated rings. The zero-order valence-corrected chi connectivity index (χ0v) is 12.2. The van der Waals surface area contributed by atoms with E-state index in [1.807, 2.05) is 13.8 Å². The number of hydrogen-bond acceptors (Lipinski definition) is 4. The molecular weight excluding hydrogens is 291 g/mol. The van der Waals surface area contributed by atoms with E-state index in [2.05, 4.69) is 5.16 Å². The fourth-order valence-corrected chi connectivity index (χ4v) is 1.63. The van der Waals surface area contributed by atoms with Crippen molar-refractivity contribution in [1.29, 1.82) is 0 Å². The second-order valence-electron chi connectivity index (χ2n) is 3.99.